The first-order valence-corrected chi connectivity index (χ1v) is 6.66. The average molecular weight is 320 g/mol. The van der Waals surface area contributed by atoms with E-state index in [1.807, 2.05) is 36.4 Å². The quantitative estimate of drug-likeness (QED) is 0.909. The number of amides is 1. The zero-order valence-electron chi connectivity index (χ0n) is 10.2. The first-order valence-electron chi connectivity index (χ1n) is 5.87. The van der Waals surface area contributed by atoms with Crippen LogP contribution in [-0.2, 0) is 11.2 Å². The van der Waals surface area contributed by atoms with Crippen molar-refractivity contribution >= 4 is 27.7 Å². The molecule has 1 aromatic heterocycles. The summed E-state index contributed by atoms with van der Waals surface area (Å²) in [4.78, 5) is 16.0. The molecule has 0 aliphatic carbocycles. The highest BCUT2D eigenvalue weighted by Crippen LogP contribution is 2.11. The molecular weight excluding hydrogens is 306 g/mol. The molecule has 0 saturated carbocycles. The van der Waals surface area contributed by atoms with Gasteiger partial charge in [-0.3, -0.25) is 4.79 Å². The number of hydrogen-bond donors (Lipinski definition) is 2. The van der Waals surface area contributed by atoms with Crippen molar-refractivity contribution < 1.29 is 4.79 Å². The molecule has 19 heavy (non-hydrogen) atoms. The van der Waals surface area contributed by atoms with Crippen molar-refractivity contribution in [3.63, 3.8) is 0 Å². The van der Waals surface area contributed by atoms with Crippen molar-refractivity contribution in [2.45, 2.75) is 12.5 Å². The molecule has 5 heteroatoms. The number of carbonyl (C=O) groups excluding carboxylic acids is 1. The molecule has 0 unspecified atom stereocenters. The summed E-state index contributed by atoms with van der Waals surface area (Å²) in [6, 6.07) is 12.6. The highest BCUT2D eigenvalue weighted by molar-refractivity contribution is 9.10. The second-order valence-corrected chi connectivity index (χ2v) is 5.06. The molecule has 1 heterocycles. The largest absolute Gasteiger partial charge is 0.320 e. The van der Waals surface area contributed by atoms with Crippen LogP contribution in [0.3, 0.4) is 0 Å². The fourth-order valence-electron chi connectivity index (χ4n) is 1.63. The molecular formula is C14H14BrN3O. The van der Waals surface area contributed by atoms with Crippen molar-refractivity contribution in [2.75, 3.05) is 5.32 Å². The van der Waals surface area contributed by atoms with Crippen molar-refractivity contribution in [3.05, 3.63) is 58.7 Å². The number of anilines is 1. The summed E-state index contributed by atoms with van der Waals surface area (Å²) in [5, 5.41) is 2.69. The summed E-state index contributed by atoms with van der Waals surface area (Å²) in [5.74, 6) is 0.260. The van der Waals surface area contributed by atoms with E-state index < -0.39 is 6.04 Å². The van der Waals surface area contributed by atoms with Gasteiger partial charge in [-0.2, -0.15) is 0 Å². The van der Waals surface area contributed by atoms with Crippen molar-refractivity contribution in [2.24, 2.45) is 5.73 Å². The highest BCUT2D eigenvalue weighted by atomic mass is 79.9. The van der Waals surface area contributed by atoms with E-state index in [0.29, 0.717) is 12.2 Å². The molecule has 1 amide bonds. The number of nitrogens with two attached hydrogens (primary N) is 1. The number of benzene rings is 1. The molecule has 4 nitrogen and oxygen atoms in total. The molecule has 0 spiro atoms. The second-order valence-electron chi connectivity index (χ2n) is 4.15. The van der Waals surface area contributed by atoms with Crippen LogP contribution in [0.2, 0.25) is 0 Å². The molecule has 0 fully saturated rings. The predicted octanol–water partition coefficient (Wildman–Crippen LogP) is 2.35. The molecule has 0 radical (unpaired) electrons. The summed E-state index contributed by atoms with van der Waals surface area (Å²) >= 11 is 3.28. The van der Waals surface area contributed by atoms with Gasteiger partial charge >= 0.3 is 0 Å². The molecule has 0 aliphatic rings. The first-order chi connectivity index (χ1) is 9.15. The molecule has 1 aromatic carbocycles. The lowest BCUT2D eigenvalue weighted by atomic mass is 10.1. The van der Waals surface area contributed by atoms with Gasteiger partial charge in [-0.15, -0.1) is 0 Å². The van der Waals surface area contributed by atoms with Gasteiger partial charge < -0.3 is 11.1 Å². The van der Waals surface area contributed by atoms with Crippen LogP contribution in [-0.4, -0.2) is 16.9 Å². The lowest BCUT2D eigenvalue weighted by Gasteiger charge is -2.11. The van der Waals surface area contributed by atoms with Crippen LogP contribution in [0.15, 0.2) is 53.1 Å². The van der Waals surface area contributed by atoms with Gasteiger partial charge in [0.15, 0.2) is 0 Å². The molecule has 98 valence electrons. The fraction of sp³-hybridized carbons (Fsp3) is 0.143. The monoisotopic (exact) mass is 319 g/mol. The topological polar surface area (TPSA) is 68.0 Å². The number of rotatable bonds is 4. The van der Waals surface area contributed by atoms with Crippen molar-refractivity contribution in [1.82, 2.24) is 4.98 Å². The van der Waals surface area contributed by atoms with Gasteiger partial charge in [-0.1, -0.05) is 30.3 Å². The maximum absolute atomic E-state index is 11.9. The van der Waals surface area contributed by atoms with Gasteiger partial charge in [0.25, 0.3) is 0 Å². The van der Waals surface area contributed by atoms with E-state index in [4.69, 9.17) is 5.73 Å². The Hall–Kier alpha value is -1.72. The van der Waals surface area contributed by atoms with E-state index in [9.17, 15) is 4.79 Å². The third kappa shape index (κ3) is 4.15. The van der Waals surface area contributed by atoms with Gasteiger partial charge in [0.2, 0.25) is 5.91 Å². The van der Waals surface area contributed by atoms with Crippen LogP contribution in [0.4, 0.5) is 5.82 Å². The molecule has 1 atom stereocenters. The van der Waals surface area contributed by atoms with E-state index in [1.165, 1.54) is 0 Å². The highest BCUT2D eigenvalue weighted by Gasteiger charge is 2.14. The third-order valence-electron chi connectivity index (χ3n) is 2.61. The Kier molecular flexibility index (Phi) is 4.65. The Morgan fingerprint density at radius 2 is 2.00 bits per heavy atom. The van der Waals surface area contributed by atoms with Crippen molar-refractivity contribution in [1.29, 1.82) is 0 Å². The Morgan fingerprint density at radius 3 is 2.63 bits per heavy atom. The summed E-state index contributed by atoms with van der Waals surface area (Å²) in [6.45, 7) is 0. The molecule has 2 aromatic rings. The second kappa shape index (κ2) is 6.45. The molecule has 2 rings (SSSR count). The van der Waals surface area contributed by atoms with Crippen LogP contribution in [0.1, 0.15) is 5.56 Å². The summed E-state index contributed by atoms with van der Waals surface area (Å²) in [6.07, 6.45) is 2.13. The van der Waals surface area contributed by atoms with Crippen molar-refractivity contribution in [3.8, 4) is 0 Å². The first kappa shape index (κ1) is 13.7. The number of hydrogen-bond acceptors (Lipinski definition) is 3. The number of pyridine rings is 1. The Balaban J connectivity index is 1.94. The zero-order valence-corrected chi connectivity index (χ0v) is 11.8. The SMILES string of the molecule is N[C@@H](Cc1ccccc1)C(=O)Nc1ccc(Br)cn1. The minimum absolute atomic E-state index is 0.237. The summed E-state index contributed by atoms with van der Waals surface area (Å²) in [7, 11) is 0. The van der Waals surface area contributed by atoms with E-state index in [-0.39, 0.29) is 5.91 Å². The van der Waals surface area contributed by atoms with Crippen LogP contribution < -0.4 is 11.1 Å². The Morgan fingerprint density at radius 1 is 1.26 bits per heavy atom. The molecule has 3 N–H and O–H groups in total. The van der Waals surface area contributed by atoms with Gasteiger partial charge in [-0.05, 0) is 40.0 Å². The molecule has 0 saturated heterocycles. The number of carbonyl (C=O) groups is 1. The predicted molar refractivity (Wildman–Crippen MR) is 78.7 cm³/mol. The lowest BCUT2D eigenvalue weighted by Crippen LogP contribution is -2.37. The maximum Gasteiger partial charge on any atom is 0.242 e. The number of halogens is 1. The maximum atomic E-state index is 11.9. The summed E-state index contributed by atoms with van der Waals surface area (Å²) < 4.78 is 0.860. The van der Waals surface area contributed by atoms with Gasteiger partial charge in [0.05, 0.1) is 6.04 Å². The van der Waals surface area contributed by atoms with E-state index in [1.54, 1.807) is 12.3 Å². The smallest absolute Gasteiger partial charge is 0.242 e. The zero-order chi connectivity index (χ0) is 13.7. The fourth-order valence-corrected chi connectivity index (χ4v) is 1.86. The third-order valence-corrected chi connectivity index (χ3v) is 3.08. The summed E-state index contributed by atoms with van der Waals surface area (Å²) in [5.41, 5.74) is 6.91. The van der Waals surface area contributed by atoms with E-state index in [2.05, 4.69) is 26.2 Å². The van der Waals surface area contributed by atoms with E-state index >= 15 is 0 Å². The molecule has 0 aliphatic heterocycles. The molecule has 0 bridgehead atoms. The minimum Gasteiger partial charge on any atom is -0.320 e. The Bertz CT molecular complexity index is 542. The minimum atomic E-state index is -0.590. The van der Waals surface area contributed by atoms with Crippen LogP contribution in [0, 0.1) is 0 Å². The number of aromatic nitrogens is 1. The van der Waals surface area contributed by atoms with Gasteiger partial charge in [0.1, 0.15) is 5.82 Å². The van der Waals surface area contributed by atoms with Gasteiger partial charge in [-0.25, -0.2) is 4.98 Å². The normalized spacial score (nSPS) is 11.9. The standard InChI is InChI=1S/C14H14BrN3O/c15-11-6-7-13(17-9-11)18-14(19)12(16)8-10-4-2-1-3-5-10/h1-7,9,12H,8,16H2,(H,17,18,19)/t12-/m0/s1. The van der Waals surface area contributed by atoms with Crippen LogP contribution in [0.25, 0.3) is 0 Å². The number of nitrogens with one attached hydrogen (secondary N) is 1. The van der Waals surface area contributed by atoms with Gasteiger partial charge in [0, 0.05) is 10.7 Å². The Labute approximate surface area is 120 Å². The van der Waals surface area contributed by atoms with E-state index in [0.717, 1.165) is 10.0 Å². The average Bonchev–Trinajstić information content (AvgIpc) is 2.42. The van der Waals surface area contributed by atoms with Crippen LogP contribution >= 0.6 is 15.9 Å². The van der Waals surface area contributed by atoms with Crippen LogP contribution in [0.5, 0.6) is 0 Å². The number of nitrogens with zero attached hydrogens (tertiary/aromatic N) is 1. The lowest BCUT2D eigenvalue weighted by molar-refractivity contribution is -0.117.